The highest BCUT2D eigenvalue weighted by molar-refractivity contribution is 9.10. The Morgan fingerprint density at radius 2 is 2.00 bits per heavy atom. The van der Waals surface area contributed by atoms with Crippen LogP contribution < -0.4 is 5.56 Å². The molecule has 7 heteroatoms. The third-order valence-corrected chi connectivity index (χ3v) is 3.52. The average Bonchev–Trinajstić information content (AvgIpc) is 2.50. The van der Waals surface area contributed by atoms with Crippen molar-refractivity contribution in [3.8, 4) is 5.69 Å². The average molecular weight is 368 g/mol. The molecule has 0 aliphatic rings. The summed E-state index contributed by atoms with van der Waals surface area (Å²) in [6, 6.07) is 6.23. The van der Waals surface area contributed by atoms with Gasteiger partial charge in [-0.25, -0.2) is 9.18 Å². The zero-order chi connectivity index (χ0) is 16.3. The van der Waals surface area contributed by atoms with Crippen LogP contribution in [0, 0.1) is 5.82 Å². The molecule has 0 fully saturated rings. The van der Waals surface area contributed by atoms with E-state index in [9.17, 15) is 18.8 Å². The number of halogens is 2. The Bertz CT molecular complexity index is 783. The standard InChI is InChI=1S/C15H11BrFNO4/c1-2-22-15(21)11-7-12(16)13(8-19)18(14(11)20)10-5-3-9(17)4-6-10/h3-8H,2H2,1H3. The predicted octanol–water partition coefficient (Wildman–Crippen LogP) is 2.73. The first kappa shape index (κ1) is 16.1. The maximum absolute atomic E-state index is 13.0. The summed E-state index contributed by atoms with van der Waals surface area (Å²) in [6.45, 7) is 1.73. The molecule has 0 atom stereocenters. The third-order valence-electron chi connectivity index (χ3n) is 2.88. The lowest BCUT2D eigenvalue weighted by atomic mass is 10.2. The molecule has 0 radical (unpaired) electrons. The second-order valence-corrected chi connectivity index (χ2v) is 5.10. The van der Waals surface area contributed by atoms with Crippen molar-refractivity contribution < 1.29 is 18.7 Å². The second kappa shape index (κ2) is 6.65. The van der Waals surface area contributed by atoms with E-state index >= 15 is 0 Å². The Morgan fingerprint density at radius 1 is 1.36 bits per heavy atom. The van der Waals surface area contributed by atoms with Gasteiger partial charge in [-0.3, -0.25) is 14.2 Å². The van der Waals surface area contributed by atoms with Crippen LogP contribution in [0.15, 0.2) is 39.6 Å². The maximum Gasteiger partial charge on any atom is 0.343 e. The quantitative estimate of drug-likeness (QED) is 0.615. The molecular weight excluding hydrogens is 357 g/mol. The third kappa shape index (κ3) is 2.99. The lowest BCUT2D eigenvalue weighted by Crippen LogP contribution is -2.29. The van der Waals surface area contributed by atoms with E-state index in [1.54, 1.807) is 6.92 Å². The first-order chi connectivity index (χ1) is 10.5. The van der Waals surface area contributed by atoms with E-state index in [1.165, 1.54) is 18.2 Å². The van der Waals surface area contributed by atoms with Gasteiger partial charge in [0.1, 0.15) is 17.1 Å². The fourth-order valence-corrected chi connectivity index (χ4v) is 2.41. The number of aromatic nitrogens is 1. The number of aldehydes is 1. The molecule has 0 unspecified atom stereocenters. The Kier molecular flexibility index (Phi) is 4.87. The first-order valence-corrected chi connectivity index (χ1v) is 7.12. The Balaban J connectivity index is 2.75. The molecule has 0 spiro atoms. The van der Waals surface area contributed by atoms with E-state index < -0.39 is 17.3 Å². The second-order valence-electron chi connectivity index (χ2n) is 4.25. The monoisotopic (exact) mass is 367 g/mol. The number of carbonyl (C=O) groups excluding carboxylic acids is 2. The van der Waals surface area contributed by atoms with Crippen LogP contribution in [-0.4, -0.2) is 23.4 Å². The van der Waals surface area contributed by atoms with Crippen LogP contribution in [0.4, 0.5) is 4.39 Å². The molecule has 5 nitrogen and oxygen atoms in total. The van der Waals surface area contributed by atoms with Crippen LogP contribution in [0.1, 0.15) is 27.8 Å². The van der Waals surface area contributed by atoms with Gasteiger partial charge in [0.15, 0.2) is 6.29 Å². The van der Waals surface area contributed by atoms with Crippen molar-refractivity contribution in [2.75, 3.05) is 6.61 Å². The summed E-state index contributed by atoms with van der Waals surface area (Å²) in [5.41, 5.74) is -0.649. The van der Waals surface area contributed by atoms with Crippen molar-refractivity contribution in [2.24, 2.45) is 0 Å². The summed E-state index contributed by atoms with van der Waals surface area (Å²) in [7, 11) is 0. The number of nitrogens with zero attached hydrogens (tertiary/aromatic N) is 1. The van der Waals surface area contributed by atoms with Gasteiger partial charge in [-0.05, 0) is 53.2 Å². The van der Waals surface area contributed by atoms with Crippen LogP contribution in [0.5, 0.6) is 0 Å². The molecule has 1 aromatic heterocycles. The molecule has 0 aliphatic heterocycles. The highest BCUT2D eigenvalue weighted by Crippen LogP contribution is 2.19. The van der Waals surface area contributed by atoms with E-state index in [0.29, 0.717) is 6.29 Å². The lowest BCUT2D eigenvalue weighted by molar-refractivity contribution is 0.0523. The molecule has 1 heterocycles. The minimum absolute atomic E-state index is 0.0182. The Morgan fingerprint density at radius 3 is 2.55 bits per heavy atom. The molecule has 0 N–H and O–H groups in total. The number of hydrogen-bond acceptors (Lipinski definition) is 4. The van der Waals surface area contributed by atoms with Crippen molar-refractivity contribution in [1.29, 1.82) is 0 Å². The van der Waals surface area contributed by atoms with E-state index in [2.05, 4.69) is 15.9 Å². The smallest absolute Gasteiger partial charge is 0.343 e. The molecule has 22 heavy (non-hydrogen) atoms. The number of pyridine rings is 1. The molecule has 2 rings (SSSR count). The van der Waals surface area contributed by atoms with Crippen molar-refractivity contribution in [1.82, 2.24) is 4.57 Å². The van der Waals surface area contributed by atoms with E-state index in [-0.39, 0.29) is 28.0 Å². The maximum atomic E-state index is 13.0. The van der Waals surface area contributed by atoms with Gasteiger partial charge in [-0.2, -0.15) is 0 Å². The Labute approximate surface area is 133 Å². The van der Waals surface area contributed by atoms with Gasteiger partial charge in [0.05, 0.1) is 6.61 Å². The minimum Gasteiger partial charge on any atom is -0.462 e. The molecule has 0 saturated heterocycles. The van der Waals surface area contributed by atoms with Gasteiger partial charge in [0.2, 0.25) is 0 Å². The molecule has 1 aromatic carbocycles. The van der Waals surface area contributed by atoms with Crippen LogP contribution >= 0.6 is 15.9 Å². The number of benzene rings is 1. The number of carbonyl (C=O) groups is 2. The first-order valence-electron chi connectivity index (χ1n) is 6.33. The lowest BCUT2D eigenvalue weighted by Gasteiger charge is -2.12. The van der Waals surface area contributed by atoms with Crippen LogP contribution in [0.2, 0.25) is 0 Å². The molecular formula is C15H11BrFNO4. The number of esters is 1. The number of hydrogen-bond donors (Lipinski definition) is 0. The van der Waals surface area contributed by atoms with Gasteiger partial charge < -0.3 is 4.74 Å². The summed E-state index contributed by atoms with van der Waals surface area (Å²) >= 11 is 3.15. The van der Waals surface area contributed by atoms with Gasteiger partial charge in [-0.1, -0.05) is 0 Å². The van der Waals surface area contributed by atoms with E-state index in [4.69, 9.17) is 4.74 Å². The topological polar surface area (TPSA) is 65.4 Å². The number of rotatable bonds is 4. The van der Waals surface area contributed by atoms with Crippen molar-refractivity contribution in [3.63, 3.8) is 0 Å². The molecule has 114 valence electrons. The SMILES string of the molecule is CCOC(=O)c1cc(Br)c(C=O)n(-c2ccc(F)cc2)c1=O. The van der Waals surface area contributed by atoms with Crippen molar-refractivity contribution in [3.05, 3.63) is 62.2 Å². The van der Waals surface area contributed by atoms with E-state index in [0.717, 1.165) is 16.7 Å². The minimum atomic E-state index is -0.790. The van der Waals surface area contributed by atoms with Gasteiger partial charge in [0.25, 0.3) is 5.56 Å². The largest absolute Gasteiger partial charge is 0.462 e. The normalized spacial score (nSPS) is 10.3. The van der Waals surface area contributed by atoms with Crippen molar-refractivity contribution in [2.45, 2.75) is 6.92 Å². The van der Waals surface area contributed by atoms with E-state index in [1.807, 2.05) is 0 Å². The summed E-state index contributed by atoms with van der Waals surface area (Å²) in [6.07, 6.45) is 0.476. The summed E-state index contributed by atoms with van der Waals surface area (Å²) < 4.78 is 19.1. The summed E-state index contributed by atoms with van der Waals surface area (Å²) in [5.74, 6) is -1.27. The molecule has 0 aliphatic carbocycles. The number of ether oxygens (including phenoxy) is 1. The van der Waals surface area contributed by atoms with Gasteiger partial charge >= 0.3 is 5.97 Å². The van der Waals surface area contributed by atoms with Gasteiger partial charge in [0, 0.05) is 10.2 Å². The zero-order valence-electron chi connectivity index (χ0n) is 11.5. The van der Waals surface area contributed by atoms with Gasteiger partial charge in [-0.15, -0.1) is 0 Å². The van der Waals surface area contributed by atoms with Crippen LogP contribution in [0.25, 0.3) is 5.69 Å². The fourth-order valence-electron chi connectivity index (χ4n) is 1.91. The summed E-state index contributed by atoms with van der Waals surface area (Å²) in [5, 5.41) is 0. The zero-order valence-corrected chi connectivity index (χ0v) is 13.1. The van der Waals surface area contributed by atoms with Crippen molar-refractivity contribution >= 4 is 28.2 Å². The Hall–Kier alpha value is -2.28. The predicted molar refractivity (Wildman–Crippen MR) is 81.0 cm³/mol. The fraction of sp³-hybridized carbons (Fsp3) is 0.133. The van der Waals surface area contributed by atoms with Crippen LogP contribution in [-0.2, 0) is 4.74 Å². The highest BCUT2D eigenvalue weighted by atomic mass is 79.9. The molecule has 0 bridgehead atoms. The molecule has 2 aromatic rings. The highest BCUT2D eigenvalue weighted by Gasteiger charge is 2.20. The molecule has 0 saturated carbocycles. The molecule has 0 amide bonds. The summed E-state index contributed by atoms with van der Waals surface area (Å²) in [4.78, 5) is 35.6. The van der Waals surface area contributed by atoms with Crippen LogP contribution in [0.3, 0.4) is 0 Å².